The minimum Gasteiger partial charge on any atom is -0.381 e. The van der Waals surface area contributed by atoms with Crippen LogP contribution in [0.4, 0.5) is 0 Å². The summed E-state index contributed by atoms with van der Waals surface area (Å²) in [5, 5.41) is 3.10. The highest BCUT2D eigenvalue weighted by Crippen LogP contribution is 2.29. The highest BCUT2D eigenvalue weighted by atomic mass is 16.5. The van der Waals surface area contributed by atoms with E-state index in [2.05, 4.69) is 10.2 Å². The average Bonchev–Trinajstić information content (AvgIpc) is 2.37. The Morgan fingerprint density at radius 1 is 1.44 bits per heavy atom. The molecule has 1 aliphatic rings. The van der Waals surface area contributed by atoms with Crippen LogP contribution in [-0.4, -0.2) is 57.2 Å². The molecule has 106 valence electrons. The molecule has 1 aliphatic heterocycles. The Kier molecular flexibility index (Phi) is 6.05. The Morgan fingerprint density at radius 3 is 2.56 bits per heavy atom. The topological polar surface area (TPSA) is 67.6 Å². The van der Waals surface area contributed by atoms with Crippen molar-refractivity contribution in [1.82, 2.24) is 10.2 Å². The summed E-state index contributed by atoms with van der Waals surface area (Å²) in [4.78, 5) is 14.5. The van der Waals surface area contributed by atoms with Crippen molar-refractivity contribution in [1.29, 1.82) is 0 Å². The first-order chi connectivity index (χ1) is 8.50. The van der Waals surface area contributed by atoms with Gasteiger partial charge in [-0.25, -0.2) is 0 Å². The minimum absolute atomic E-state index is 0.0968. The van der Waals surface area contributed by atoms with E-state index in [1.165, 1.54) is 0 Å². The number of rotatable bonds is 6. The van der Waals surface area contributed by atoms with Crippen molar-refractivity contribution >= 4 is 5.91 Å². The quantitative estimate of drug-likeness (QED) is 0.713. The SMILES string of the molecule is CC(CCN(C)C)NC(=O)C1(CN)CCOCC1. The van der Waals surface area contributed by atoms with Crippen LogP contribution in [0, 0.1) is 5.41 Å². The van der Waals surface area contributed by atoms with Crippen LogP contribution < -0.4 is 11.1 Å². The highest BCUT2D eigenvalue weighted by Gasteiger charge is 2.39. The lowest BCUT2D eigenvalue weighted by Gasteiger charge is -2.35. The summed E-state index contributed by atoms with van der Waals surface area (Å²) in [6.45, 7) is 4.70. The van der Waals surface area contributed by atoms with Gasteiger partial charge in [0.1, 0.15) is 0 Å². The molecule has 0 aromatic rings. The molecule has 1 unspecified atom stereocenters. The van der Waals surface area contributed by atoms with Crippen molar-refractivity contribution in [2.75, 3.05) is 40.4 Å². The number of nitrogens with one attached hydrogen (secondary N) is 1. The van der Waals surface area contributed by atoms with Crippen LogP contribution in [-0.2, 0) is 9.53 Å². The Labute approximate surface area is 110 Å². The second-order valence-corrected chi connectivity index (χ2v) is 5.56. The monoisotopic (exact) mass is 257 g/mol. The van der Waals surface area contributed by atoms with E-state index < -0.39 is 5.41 Å². The third kappa shape index (κ3) is 4.23. The summed E-state index contributed by atoms with van der Waals surface area (Å²) < 4.78 is 5.32. The van der Waals surface area contributed by atoms with Crippen molar-refractivity contribution < 1.29 is 9.53 Å². The van der Waals surface area contributed by atoms with Gasteiger partial charge in [-0.1, -0.05) is 0 Å². The van der Waals surface area contributed by atoms with E-state index in [0.29, 0.717) is 19.8 Å². The zero-order chi connectivity index (χ0) is 13.6. The van der Waals surface area contributed by atoms with Gasteiger partial charge in [-0.05, 0) is 46.8 Å². The predicted molar refractivity (Wildman–Crippen MR) is 72.3 cm³/mol. The maximum Gasteiger partial charge on any atom is 0.227 e. The van der Waals surface area contributed by atoms with E-state index in [-0.39, 0.29) is 11.9 Å². The third-order valence-corrected chi connectivity index (χ3v) is 3.71. The van der Waals surface area contributed by atoms with Gasteiger partial charge < -0.3 is 20.7 Å². The fourth-order valence-corrected chi connectivity index (χ4v) is 2.19. The molecule has 0 saturated carbocycles. The van der Waals surface area contributed by atoms with Gasteiger partial charge in [0.15, 0.2) is 0 Å². The van der Waals surface area contributed by atoms with Crippen LogP contribution in [0.2, 0.25) is 0 Å². The first kappa shape index (κ1) is 15.4. The van der Waals surface area contributed by atoms with Gasteiger partial charge in [-0.3, -0.25) is 4.79 Å². The van der Waals surface area contributed by atoms with E-state index in [0.717, 1.165) is 25.8 Å². The molecule has 0 aliphatic carbocycles. The van der Waals surface area contributed by atoms with Crippen molar-refractivity contribution in [3.05, 3.63) is 0 Å². The zero-order valence-corrected chi connectivity index (χ0v) is 11.9. The Balaban J connectivity index is 2.46. The van der Waals surface area contributed by atoms with Crippen LogP contribution in [0.3, 0.4) is 0 Å². The number of amides is 1. The molecule has 1 amide bonds. The van der Waals surface area contributed by atoms with Gasteiger partial charge in [-0.15, -0.1) is 0 Å². The summed E-state index contributed by atoms with van der Waals surface area (Å²) in [7, 11) is 4.07. The van der Waals surface area contributed by atoms with Gasteiger partial charge in [0.25, 0.3) is 0 Å². The number of carbonyl (C=O) groups excluding carboxylic acids is 1. The summed E-state index contributed by atoms with van der Waals surface area (Å²) in [6.07, 6.45) is 2.42. The first-order valence-corrected chi connectivity index (χ1v) is 6.74. The Morgan fingerprint density at radius 2 is 2.06 bits per heavy atom. The molecule has 18 heavy (non-hydrogen) atoms. The minimum atomic E-state index is -0.412. The van der Waals surface area contributed by atoms with E-state index in [9.17, 15) is 4.79 Å². The predicted octanol–water partition coefficient (Wildman–Crippen LogP) is 0.198. The number of hydrogen-bond acceptors (Lipinski definition) is 4. The van der Waals surface area contributed by atoms with Crippen LogP contribution in [0.1, 0.15) is 26.2 Å². The maximum absolute atomic E-state index is 12.3. The molecular formula is C13H27N3O2. The fraction of sp³-hybridized carbons (Fsp3) is 0.923. The molecule has 0 aromatic heterocycles. The van der Waals surface area contributed by atoms with Crippen molar-refractivity contribution in [2.24, 2.45) is 11.1 Å². The Hall–Kier alpha value is -0.650. The summed E-state index contributed by atoms with van der Waals surface area (Å²) in [5.74, 6) is 0.0968. The summed E-state index contributed by atoms with van der Waals surface area (Å²) in [6, 6.07) is 0.186. The molecule has 3 N–H and O–H groups in total. The molecule has 5 heteroatoms. The molecular weight excluding hydrogens is 230 g/mol. The molecule has 0 radical (unpaired) electrons. The molecule has 1 atom stereocenters. The molecule has 5 nitrogen and oxygen atoms in total. The molecule has 0 bridgehead atoms. The average molecular weight is 257 g/mol. The largest absolute Gasteiger partial charge is 0.381 e. The Bertz CT molecular complexity index is 263. The lowest BCUT2D eigenvalue weighted by atomic mass is 9.79. The van der Waals surface area contributed by atoms with E-state index >= 15 is 0 Å². The van der Waals surface area contributed by atoms with Crippen LogP contribution in [0.15, 0.2) is 0 Å². The standard InChI is InChI=1S/C13H27N3O2/c1-11(4-7-16(2)3)15-12(17)13(10-14)5-8-18-9-6-13/h11H,4-10,14H2,1-3H3,(H,15,17). The molecule has 1 saturated heterocycles. The second-order valence-electron chi connectivity index (χ2n) is 5.56. The van der Waals surface area contributed by atoms with Gasteiger partial charge in [0.2, 0.25) is 5.91 Å². The van der Waals surface area contributed by atoms with Crippen LogP contribution >= 0.6 is 0 Å². The second kappa shape index (κ2) is 7.07. The van der Waals surface area contributed by atoms with Gasteiger partial charge >= 0.3 is 0 Å². The molecule has 0 aromatic carbocycles. The van der Waals surface area contributed by atoms with Crippen molar-refractivity contribution in [3.63, 3.8) is 0 Å². The maximum atomic E-state index is 12.3. The van der Waals surface area contributed by atoms with Gasteiger partial charge in [0, 0.05) is 25.8 Å². The van der Waals surface area contributed by atoms with Gasteiger partial charge in [-0.2, -0.15) is 0 Å². The highest BCUT2D eigenvalue weighted by molar-refractivity contribution is 5.83. The van der Waals surface area contributed by atoms with Crippen molar-refractivity contribution in [3.8, 4) is 0 Å². The van der Waals surface area contributed by atoms with Crippen molar-refractivity contribution in [2.45, 2.75) is 32.2 Å². The number of carbonyl (C=O) groups is 1. The number of hydrogen-bond donors (Lipinski definition) is 2. The summed E-state index contributed by atoms with van der Waals surface area (Å²) in [5.41, 5.74) is 5.40. The first-order valence-electron chi connectivity index (χ1n) is 6.74. The third-order valence-electron chi connectivity index (χ3n) is 3.71. The lowest BCUT2D eigenvalue weighted by Crippen LogP contribution is -2.51. The fourth-order valence-electron chi connectivity index (χ4n) is 2.19. The smallest absolute Gasteiger partial charge is 0.227 e. The molecule has 1 heterocycles. The van der Waals surface area contributed by atoms with E-state index in [1.54, 1.807) is 0 Å². The molecule has 0 spiro atoms. The molecule has 1 rings (SSSR count). The molecule has 1 fully saturated rings. The summed E-state index contributed by atoms with van der Waals surface area (Å²) >= 11 is 0. The number of nitrogens with two attached hydrogens (primary N) is 1. The van der Waals surface area contributed by atoms with E-state index in [4.69, 9.17) is 10.5 Å². The zero-order valence-electron chi connectivity index (χ0n) is 11.9. The van der Waals surface area contributed by atoms with Crippen LogP contribution in [0.25, 0.3) is 0 Å². The van der Waals surface area contributed by atoms with Gasteiger partial charge in [0.05, 0.1) is 5.41 Å². The van der Waals surface area contributed by atoms with E-state index in [1.807, 2.05) is 21.0 Å². The normalized spacial score (nSPS) is 20.7. The van der Waals surface area contributed by atoms with Crippen LogP contribution in [0.5, 0.6) is 0 Å². The number of ether oxygens (including phenoxy) is 1. The number of nitrogens with zero attached hydrogens (tertiary/aromatic N) is 1. The lowest BCUT2D eigenvalue weighted by molar-refractivity contribution is -0.136.